The Morgan fingerprint density at radius 3 is 2.35 bits per heavy atom. The summed E-state index contributed by atoms with van der Waals surface area (Å²) in [6.45, 7) is 9.13. The van der Waals surface area contributed by atoms with Crippen LogP contribution >= 0.6 is 0 Å². The summed E-state index contributed by atoms with van der Waals surface area (Å²) >= 11 is 0. The van der Waals surface area contributed by atoms with E-state index < -0.39 is 5.60 Å². The lowest BCUT2D eigenvalue weighted by Crippen LogP contribution is -2.37. The monoisotopic (exact) mass is 242 g/mol. The third-order valence-corrected chi connectivity index (χ3v) is 2.62. The SMILES string of the molecule is C=CC(CC(=O)OC)C(C)(C)OC(=O)CCC. The molecule has 0 aliphatic carbocycles. The van der Waals surface area contributed by atoms with Crippen molar-refractivity contribution in [1.82, 2.24) is 0 Å². The molecule has 0 aromatic rings. The van der Waals surface area contributed by atoms with Gasteiger partial charge in [0, 0.05) is 12.3 Å². The first-order valence-corrected chi connectivity index (χ1v) is 5.78. The zero-order valence-electron chi connectivity index (χ0n) is 11.1. The molecule has 98 valence electrons. The standard InChI is InChI=1S/C13H22O4/c1-6-8-11(14)17-13(3,4)10(7-2)9-12(15)16-5/h7,10H,2,6,8-9H2,1,3-5H3. The van der Waals surface area contributed by atoms with Crippen LogP contribution in [0.1, 0.15) is 40.0 Å². The van der Waals surface area contributed by atoms with E-state index in [0.717, 1.165) is 6.42 Å². The number of esters is 2. The minimum absolute atomic E-state index is 0.159. The number of methoxy groups -OCH3 is 1. The van der Waals surface area contributed by atoms with Gasteiger partial charge in [-0.2, -0.15) is 0 Å². The van der Waals surface area contributed by atoms with Crippen molar-refractivity contribution in [2.45, 2.75) is 45.6 Å². The van der Waals surface area contributed by atoms with Crippen LogP contribution in [-0.4, -0.2) is 24.6 Å². The van der Waals surface area contributed by atoms with Gasteiger partial charge in [-0.25, -0.2) is 0 Å². The number of hydrogen-bond donors (Lipinski definition) is 0. The van der Waals surface area contributed by atoms with Crippen LogP contribution in [0.5, 0.6) is 0 Å². The van der Waals surface area contributed by atoms with Gasteiger partial charge in [0.2, 0.25) is 0 Å². The number of hydrogen-bond acceptors (Lipinski definition) is 4. The fourth-order valence-electron chi connectivity index (χ4n) is 1.50. The summed E-state index contributed by atoms with van der Waals surface area (Å²) in [7, 11) is 1.33. The van der Waals surface area contributed by atoms with Crippen LogP contribution in [-0.2, 0) is 19.1 Å². The van der Waals surface area contributed by atoms with E-state index >= 15 is 0 Å². The maximum absolute atomic E-state index is 11.5. The largest absolute Gasteiger partial charge is 0.469 e. The van der Waals surface area contributed by atoms with Crippen molar-refractivity contribution in [3.05, 3.63) is 12.7 Å². The minimum Gasteiger partial charge on any atom is -0.469 e. The van der Waals surface area contributed by atoms with Crippen molar-refractivity contribution in [2.75, 3.05) is 7.11 Å². The molecule has 0 saturated heterocycles. The third kappa shape index (κ3) is 5.52. The minimum atomic E-state index is -0.748. The summed E-state index contributed by atoms with van der Waals surface area (Å²) in [6.07, 6.45) is 2.90. The second-order valence-corrected chi connectivity index (χ2v) is 4.45. The number of carbonyl (C=O) groups excluding carboxylic acids is 2. The van der Waals surface area contributed by atoms with Crippen molar-refractivity contribution in [3.8, 4) is 0 Å². The Labute approximate surface area is 103 Å². The molecule has 17 heavy (non-hydrogen) atoms. The summed E-state index contributed by atoms with van der Waals surface area (Å²) in [5.74, 6) is -0.848. The molecule has 0 heterocycles. The summed E-state index contributed by atoms with van der Waals surface area (Å²) in [5, 5.41) is 0. The van der Waals surface area contributed by atoms with Gasteiger partial charge in [0.25, 0.3) is 0 Å². The summed E-state index contributed by atoms with van der Waals surface area (Å²) in [4.78, 5) is 22.7. The van der Waals surface area contributed by atoms with E-state index in [9.17, 15) is 9.59 Å². The lowest BCUT2D eigenvalue weighted by molar-refractivity contribution is -0.163. The van der Waals surface area contributed by atoms with Crippen LogP contribution in [0.3, 0.4) is 0 Å². The van der Waals surface area contributed by atoms with E-state index in [1.54, 1.807) is 19.9 Å². The van der Waals surface area contributed by atoms with Crippen LogP contribution < -0.4 is 0 Å². The number of rotatable bonds is 7. The lowest BCUT2D eigenvalue weighted by atomic mass is 9.88. The maximum Gasteiger partial charge on any atom is 0.306 e. The third-order valence-electron chi connectivity index (χ3n) is 2.62. The van der Waals surface area contributed by atoms with E-state index in [4.69, 9.17) is 4.74 Å². The molecule has 4 nitrogen and oxygen atoms in total. The van der Waals surface area contributed by atoms with Crippen LogP contribution in [0.4, 0.5) is 0 Å². The summed E-state index contributed by atoms with van der Waals surface area (Å²) in [6, 6.07) is 0. The van der Waals surface area contributed by atoms with E-state index in [1.165, 1.54) is 7.11 Å². The first-order chi connectivity index (χ1) is 7.87. The molecule has 0 saturated carbocycles. The van der Waals surface area contributed by atoms with Crippen LogP contribution in [0, 0.1) is 5.92 Å². The molecule has 0 spiro atoms. The van der Waals surface area contributed by atoms with Gasteiger partial charge < -0.3 is 9.47 Å². The van der Waals surface area contributed by atoms with Gasteiger partial charge in [-0.15, -0.1) is 6.58 Å². The van der Waals surface area contributed by atoms with Gasteiger partial charge in [-0.05, 0) is 20.3 Å². The Hall–Kier alpha value is -1.32. The second-order valence-electron chi connectivity index (χ2n) is 4.45. The fraction of sp³-hybridized carbons (Fsp3) is 0.692. The van der Waals surface area contributed by atoms with Crippen LogP contribution in [0.25, 0.3) is 0 Å². The average molecular weight is 242 g/mol. The van der Waals surface area contributed by atoms with Gasteiger partial charge in [0.1, 0.15) is 5.60 Å². The molecule has 0 aromatic heterocycles. The Bertz CT molecular complexity index is 281. The molecular weight excluding hydrogens is 220 g/mol. The highest BCUT2D eigenvalue weighted by Gasteiger charge is 2.32. The Morgan fingerprint density at radius 2 is 1.94 bits per heavy atom. The molecule has 0 bridgehead atoms. The maximum atomic E-state index is 11.5. The zero-order chi connectivity index (χ0) is 13.5. The molecule has 4 heteroatoms. The smallest absolute Gasteiger partial charge is 0.306 e. The van der Waals surface area contributed by atoms with Crippen LogP contribution in [0.2, 0.25) is 0 Å². The van der Waals surface area contributed by atoms with Crippen molar-refractivity contribution in [1.29, 1.82) is 0 Å². The van der Waals surface area contributed by atoms with Crippen molar-refractivity contribution < 1.29 is 19.1 Å². The van der Waals surface area contributed by atoms with Gasteiger partial charge >= 0.3 is 11.9 Å². The van der Waals surface area contributed by atoms with Gasteiger partial charge in [-0.3, -0.25) is 9.59 Å². The van der Waals surface area contributed by atoms with Crippen molar-refractivity contribution >= 4 is 11.9 Å². The van der Waals surface area contributed by atoms with Crippen LogP contribution in [0.15, 0.2) is 12.7 Å². The normalized spacial score (nSPS) is 12.7. The van der Waals surface area contributed by atoms with E-state index in [-0.39, 0.29) is 24.3 Å². The summed E-state index contributed by atoms with van der Waals surface area (Å²) in [5.41, 5.74) is -0.748. The molecule has 0 aliphatic rings. The molecule has 1 unspecified atom stereocenters. The lowest BCUT2D eigenvalue weighted by Gasteiger charge is -2.31. The van der Waals surface area contributed by atoms with Gasteiger partial charge in [0.05, 0.1) is 13.5 Å². The van der Waals surface area contributed by atoms with E-state index in [1.807, 2.05) is 6.92 Å². The first-order valence-electron chi connectivity index (χ1n) is 5.78. The predicted octanol–water partition coefficient (Wildman–Crippen LogP) is 2.47. The zero-order valence-corrected chi connectivity index (χ0v) is 11.1. The number of carbonyl (C=O) groups is 2. The second kappa shape index (κ2) is 7.09. The Kier molecular flexibility index (Phi) is 6.54. The molecule has 0 amide bonds. The summed E-state index contributed by atoms with van der Waals surface area (Å²) < 4.78 is 9.96. The van der Waals surface area contributed by atoms with Gasteiger partial charge in [-0.1, -0.05) is 13.0 Å². The molecular formula is C13H22O4. The highest BCUT2D eigenvalue weighted by atomic mass is 16.6. The van der Waals surface area contributed by atoms with Gasteiger partial charge in [0.15, 0.2) is 0 Å². The quantitative estimate of drug-likeness (QED) is 0.508. The predicted molar refractivity (Wildman–Crippen MR) is 65.4 cm³/mol. The molecule has 0 fully saturated rings. The number of ether oxygens (including phenoxy) is 2. The van der Waals surface area contributed by atoms with E-state index in [2.05, 4.69) is 11.3 Å². The average Bonchev–Trinajstić information content (AvgIpc) is 2.24. The molecule has 1 atom stereocenters. The highest BCUT2D eigenvalue weighted by Crippen LogP contribution is 2.26. The topological polar surface area (TPSA) is 52.6 Å². The Balaban J connectivity index is 4.56. The van der Waals surface area contributed by atoms with E-state index in [0.29, 0.717) is 6.42 Å². The van der Waals surface area contributed by atoms with Crippen molar-refractivity contribution in [2.24, 2.45) is 5.92 Å². The van der Waals surface area contributed by atoms with Crippen molar-refractivity contribution in [3.63, 3.8) is 0 Å². The molecule has 0 aliphatic heterocycles. The first kappa shape index (κ1) is 15.7. The Morgan fingerprint density at radius 1 is 1.35 bits per heavy atom. The molecule has 0 radical (unpaired) electrons. The molecule has 0 aromatic carbocycles. The highest BCUT2D eigenvalue weighted by molar-refractivity contribution is 5.71. The molecule has 0 rings (SSSR count). The fourth-order valence-corrected chi connectivity index (χ4v) is 1.50. The molecule has 0 N–H and O–H groups in total.